The van der Waals surface area contributed by atoms with Crippen LogP contribution in [0.25, 0.3) is 10.8 Å². The first-order valence-electron chi connectivity index (χ1n) is 8.32. The number of benzene rings is 3. The van der Waals surface area contributed by atoms with Crippen molar-refractivity contribution in [1.82, 2.24) is 0 Å². The maximum atomic E-state index is 12.2. The highest BCUT2D eigenvalue weighted by Crippen LogP contribution is 2.30. The van der Waals surface area contributed by atoms with Crippen molar-refractivity contribution in [3.63, 3.8) is 0 Å². The molecule has 0 saturated heterocycles. The van der Waals surface area contributed by atoms with Crippen LogP contribution in [0.3, 0.4) is 0 Å². The van der Waals surface area contributed by atoms with E-state index < -0.39 is 21.0 Å². The number of aromatic hydroxyl groups is 1. The second kappa shape index (κ2) is 7.78. The molecule has 150 valence electrons. The molecule has 0 spiro atoms. The Bertz CT molecular complexity index is 1210. The summed E-state index contributed by atoms with van der Waals surface area (Å²) >= 11 is 0. The van der Waals surface area contributed by atoms with Gasteiger partial charge in [0.25, 0.3) is 10.1 Å². The van der Waals surface area contributed by atoms with E-state index in [0.717, 1.165) is 6.07 Å². The maximum absolute atomic E-state index is 12.2. The number of hydrogen-bond acceptors (Lipinski definition) is 5. The summed E-state index contributed by atoms with van der Waals surface area (Å²) in [4.78, 5) is 22.8. The molecule has 5 N–H and O–H groups in total. The molecule has 3 aromatic rings. The fourth-order valence-corrected chi connectivity index (χ4v) is 3.22. The van der Waals surface area contributed by atoms with Crippen LogP contribution in [0.5, 0.6) is 5.75 Å². The van der Waals surface area contributed by atoms with Crippen LogP contribution in [0.4, 0.5) is 21.9 Å². The Morgan fingerprint density at radius 2 is 1.38 bits per heavy atom. The van der Waals surface area contributed by atoms with Crippen molar-refractivity contribution in [1.29, 1.82) is 0 Å². The van der Waals surface area contributed by atoms with Gasteiger partial charge in [-0.05, 0) is 53.9 Å². The summed E-state index contributed by atoms with van der Waals surface area (Å²) in [5.41, 5.74) is 1.42. The smallest absolute Gasteiger partial charge is 0.323 e. The van der Waals surface area contributed by atoms with Crippen LogP contribution in [0, 0.1) is 0 Å². The minimum Gasteiger partial charge on any atom is -0.507 e. The van der Waals surface area contributed by atoms with E-state index >= 15 is 0 Å². The molecule has 10 heteroatoms. The fourth-order valence-electron chi connectivity index (χ4n) is 2.68. The fraction of sp³-hybridized carbons (Fsp3) is 0.0526. The van der Waals surface area contributed by atoms with E-state index in [-0.39, 0.29) is 11.7 Å². The molecule has 0 aromatic heterocycles. The third-order valence-corrected chi connectivity index (χ3v) is 4.75. The quantitative estimate of drug-likeness (QED) is 0.413. The van der Waals surface area contributed by atoms with Gasteiger partial charge in [-0.25, -0.2) is 4.79 Å². The van der Waals surface area contributed by atoms with Crippen LogP contribution >= 0.6 is 0 Å². The number of phenols is 1. The summed E-state index contributed by atoms with van der Waals surface area (Å²) in [5, 5.41) is 18.5. The average Bonchev–Trinajstić information content (AvgIpc) is 2.62. The van der Waals surface area contributed by atoms with E-state index in [2.05, 4.69) is 16.0 Å². The minimum absolute atomic E-state index is 0.206. The lowest BCUT2D eigenvalue weighted by Crippen LogP contribution is -2.19. The van der Waals surface area contributed by atoms with Gasteiger partial charge in [-0.1, -0.05) is 0 Å². The summed E-state index contributed by atoms with van der Waals surface area (Å²) in [6.45, 7) is 1.39. The summed E-state index contributed by atoms with van der Waals surface area (Å²) in [7, 11) is -4.49. The number of nitrogens with one attached hydrogen (secondary N) is 3. The topological polar surface area (TPSA) is 145 Å². The normalized spacial score (nSPS) is 11.1. The van der Waals surface area contributed by atoms with Crippen LogP contribution in [0.15, 0.2) is 59.5 Å². The van der Waals surface area contributed by atoms with Gasteiger partial charge in [0.05, 0.1) is 4.90 Å². The zero-order valence-corrected chi connectivity index (χ0v) is 15.9. The summed E-state index contributed by atoms with van der Waals surface area (Å²) < 4.78 is 31.8. The predicted molar refractivity (Wildman–Crippen MR) is 109 cm³/mol. The molecule has 0 unspecified atom stereocenters. The number of amides is 3. The van der Waals surface area contributed by atoms with Gasteiger partial charge in [-0.2, -0.15) is 8.42 Å². The van der Waals surface area contributed by atoms with Crippen LogP contribution < -0.4 is 16.0 Å². The van der Waals surface area contributed by atoms with E-state index in [4.69, 9.17) is 0 Å². The van der Waals surface area contributed by atoms with Crippen molar-refractivity contribution in [3.05, 3.63) is 54.6 Å². The molecular formula is C19H17N3O6S. The van der Waals surface area contributed by atoms with Gasteiger partial charge in [-0.3, -0.25) is 9.35 Å². The van der Waals surface area contributed by atoms with Crippen molar-refractivity contribution in [2.75, 3.05) is 16.0 Å². The maximum Gasteiger partial charge on any atom is 0.323 e. The predicted octanol–water partition coefficient (Wildman–Crippen LogP) is 3.39. The van der Waals surface area contributed by atoms with E-state index in [9.17, 15) is 27.7 Å². The lowest BCUT2D eigenvalue weighted by molar-refractivity contribution is -0.114. The van der Waals surface area contributed by atoms with Crippen molar-refractivity contribution in [2.45, 2.75) is 11.8 Å². The highest BCUT2D eigenvalue weighted by atomic mass is 32.2. The summed E-state index contributed by atoms with van der Waals surface area (Å²) in [6.07, 6.45) is 0. The molecule has 0 atom stereocenters. The molecule has 29 heavy (non-hydrogen) atoms. The minimum atomic E-state index is -4.49. The van der Waals surface area contributed by atoms with E-state index in [0.29, 0.717) is 27.8 Å². The number of anilines is 3. The first-order chi connectivity index (χ1) is 13.6. The van der Waals surface area contributed by atoms with Gasteiger partial charge in [0, 0.05) is 35.4 Å². The van der Waals surface area contributed by atoms with E-state index in [1.54, 1.807) is 24.3 Å². The average molecular weight is 415 g/mol. The van der Waals surface area contributed by atoms with Gasteiger partial charge in [-0.15, -0.1) is 0 Å². The summed E-state index contributed by atoms with van der Waals surface area (Å²) in [5.74, 6) is -0.520. The van der Waals surface area contributed by atoms with Crippen molar-refractivity contribution >= 4 is 49.9 Å². The molecule has 0 radical (unpaired) electrons. The Labute approximate surface area is 166 Å². The number of carbonyl (C=O) groups excluding carboxylic acids is 2. The molecule has 3 amide bonds. The molecule has 0 fully saturated rings. The molecule has 0 aliphatic carbocycles. The number of fused-ring (bicyclic) bond motifs is 1. The van der Waals surface area contributed by atoms with Crippen LogP contribution in [-0.4, -0.2) is 30.0 Å². The first kappa shape index (κ1) is 20.1. The second-order valence-electron chi connectivity index (χ2n) is 6.19. The molecule has 0 bridgehead atoms. The molecule has 0 heterocycles. The zero-order chi connectivity index (χ0) is 21.2. The van der Waals surface area contributed by atoms with Gasteiger partial charge < -0.3 is 21.1 Å². The van der Waals surface area contributed by atoms with Crippen LogP contribution in [0.1, 0.15) is 6.92 Å². The number of rotatable bonds is 4. The lowest BCUT2D eigenvalue weighted by atomic mass is 10.1. The molecule has 0 saturated carbocycles. The molecule has 3 aromatic carbocycles. The molecule has 0 aliphatic heterocycles. The van der Waals surface area contributed by atoms with Crippen LogP contribution in [0.2, 0.25) is 0 Å². The zero-order valence-electron chi connectivity index (χ0n) is 15.1. The standard InChI is InChI=1S/C19H17N3O6S/c1-11(23)20-13-2-4-14(5-3-13)21-19(25)22-15-6-7-17-12(8-15)9-16(10-18(17)24)29(26,27)28/h2-10,24H,1H3,(H,20,23)(H2,21,22,25)(H,26,27,28). The summed E-state index contributed by atoms with van der Waals surface area (Å²) in [6, 6.07) is 12.6. The Balaban J connectivity index is 1.77. The Morgan fingerprint density at radius 1 is 0.828 bits per heavy atom. The second-order valence-corrected chi connectivity index (χ2v) is 7.61. The van der Waals surface area contributed by atoms with Crippen molar-refractivity contribution in [2.24, 2.45) is 0 Å². The van der Waals surface area contributed by atoms with Crippen LogP contribution in [-0.2, 0) is 14.9 Å². The molecule has 3 rings (SSSR count). The third kappa shape index (κ3) is 5.00. The van der Waals surface area contributed by atoms with Gasteiger partial charge >= 0.3 is 6.03 Å². The van der Waals surface area contributed by atoms with E-state index in [1.807, 2.05) is 0 Å². The molecule has 0 aliphatic rings. The SMILES string of the molecule is CC(=O)Nc1ccc(NC(=O)Nc2ccc3c(O)cc(S(=O)(=O)O)cc3c2)cc1. The third-order valence-electron chi connectivity index (χ3n) is 3.92. The molecular weight excluding hydrogens is 398 g/mol. The number of carbonyl (C=O) groups is 2. The van der Waals surface area contributed by atoms with Crippen molar-refractivity contribution < 1.29 is 27.7 Å². The Hall–Kier alpha value is -3.63. The monoisotopic (exact) mass is 415 g/mol. The lowest BCUT2D eigenvalue weighted by Gasteiger charge is -2.10. The first-order valence-corrected chi connectivity index (χ1v) is 9.76. The highest BCUT2D eigenvalue weighted by Gasteiger charge is 2.14. The molecule has 9 nitrogen and oxygen atoms in total. The van der Waals surface area contributed by atoms with Crippen molar-refractivity contribution in [3.8, 4) is 5.75 Å². The van der Waals surface area contributed by atoms with Gasteiger partial charge in [0.2, 0.25) is 5.91 Å². The Morgan fingerprint density at radius 3 is 1.97 bits per heavy atom. The number of phenolic OH excluding ortho intramolecular Hbond substituents is 1. The highest BCUT2D eigenvalue weighted by molar-refractivity contribution is 7.85. The van der Waals surface area contributed by atoms with Gasteiger partial charge in [0.1, 0.15) is 5.75 Å². The largest absolute Gasteiger partial charge is 0.507 e. The number of urea groups is 1. The Kier molecular flexibility index (Phi) is 5.39. The van der Waals surface area contributed by atoms with Gasteiger partial charge in [0.15, 0.2) is 0 Å². The number of hydrogen-bond donors (Lipinski definition) is 5. The van der Waals surface area contributed by atoms with E-state index in [1.165, 1.54) is 31.2 Å².